The molecule has 0 fully saturated rings. The number of Topliss-reactive ketones (excluding diaryl/α,β-unsaturated/α-hetero) is 1. The Balaban J connectivity index is 3.05. The van der Waals surface area contributed by atoms with Gasteiger partial charge < -0.3 is 19.5 Å². The fraction of sp³-hybridized carbons (Fsp3) is 0.571. The number of nitrogens with one attached hydrogen (secondary N) is 1. The van der Waals surface area contributed by atoms with Gasteiger partial charge in [-0.3, -0.25) is 4.79 Å². The van der Waals surface area contributed by atoms with E-state index in [-0.39, 0.29) is 25.5 Å². The van der Waals surface area contributed by atoms with Gasteiger partial charge in [-0.1, -0.05) is 13.8 Å². The minimum Gasteiger partial charge on any atom is -0.480 e. The monoisotopic (exact) mass is 457 g/mol. The quantitative estimate of drug-likeness (QED) is 0.294. The van der Waals surface area contributed by atoms with Crippen LogP contribution < -0.4 is 10.1 Å². The molecule has 0 aliphatic rings. The topological polar surface area (TPSA) is 90.9 Å². The number of rotatable bonds is 11. The van der Waals surface area contributed by atoms with E-state index >= 15 is 0 Å². The predicted octanol–water partition coefficient (Wildman–Crippen LogP) is 4.56. The van der Waals surface area contributed by atoms with Gasteiger partial charge in [0.15, 0.2) is 12.4 Å². The Labute approximate surface area is 187 Å². The Morgan fingerprint density at radius 3 is 2.03 bits per heavy atom. The molecule has 0 spiro atoms. The van der Waals surface area contributed by atoms with Crippen molar-refractivity contribution < 1.29 is 28.6 Å². The summed E-state index contributed by atoms with van der Waals surface area (Å²) in [5, 5.41) is 2.49. The Morgan fingerprint density at radius 2 is 1.57 bits per heavy atom. The summed E-state index contributed by atoms with van der Waals surface area (Å²) in [4.78, 5) is 37.8. The third kappa shape index (κ3) is 9.30. The Bertz CT molecular complexity index is 718. The van der Waals surface area contributed by atoms with Crippen molar-refractivity contribution in [2.45, 2.75) is 56.9 Å². The standard InChI is InChI=1S/C21H31NO6S2/c1-7-26-18(24)13-27-19-16(29-8-2)10-14(11-17(19)30-9-3)15(23)12-22-20(25)28-21(4,5)6/h10-11H,7-9,12-13H2,1-6H3,(H,22,25). The van der Waals surface area contributed by atoms with Crippen molar-refractivity contribution in [1.29, 1.82) is 0 Å². The fourth-order valence-corrected chi connectivity index (χ4v) is 4.01. The van der Waals surface area contributed by atoms with Crippen LogP contribution in [-0.4, -0.2) is 54.7 Å². The third-order valence-corrected chi connectivity index (χ3v) is 5.18. The highest BCUT2D eigenvalue weighted by Gasteiger charge is 2.20. The van der Waals surface area contributed by atoms with Crippen LogP contribution in [0.25, 0.3) is 0 Å². The van der Waals surface area contributed by atoms with Crippen LogP contribution in [0.2, 0.25) is 0 Å². The van der Waals surface area contributed by atoms with Gasteiger partial charge in [-0.15, -0.1) is 23.5 Å². The second-order valence-electron chi connectivity index (χ2n) is 7.04. The maximum absolute atomic E-state index is 12.7. The second-order valence-corrected chi connectivity index (χ2v) is 9.65. The first kappa shape index (κ1) is 26.2. The van der Waals surface area contributed by atoms with E-state index in [9.17, 15) is 14.4 Å². The first-order valence-corrected chi connectivity index (χ1v) is 11.8. The maximum Gasteiger partial charge on any atom is 0.408 e. The van der Waals surface area contributed by atoms with Crippen LogP contribution in [0.5, 0.6) is 5.75 Å². The Kier molecular flexibility index (Phi) is 11.1. The van der Waals surface area contributed by atoms with Gasteiger partial charge in [-0.25, -0.2) is 9.59 Å². The molecule has 7 nitrogen and oxygen atoms in total. The van der Waals surface area contributed by atoms with Gasteiger partial charge in [-0.2, -0.15) is 0 Å². The van der Waals surface area contributed by atoms with E-state index in [2.05, 4.69) is 5.32 Å². The van der Waals surface area contributed by atoms with Crippen molar-refractivity contribution in [1.82, 2.24) is 5.32 Å². The van der Waals surface area contributed by atoms with Crippen molar-refractivity contribution >= 4 is 41.4 Å². The number of esters is 1. The average molecular weight is 458 g/mol. The summed E-state index contributed by atoms with van der Waals surface area (Å²) >= 11 is 3.03. The van der Waals surface area contributed by atoms with Crippen LogP contribution in [0.4, 0.5) is 4.79 Å². The summed E-state index contributed by atoms with van der Waals surface area (Å²) in [6, 6.07) is 3.46. The lowest BCUT2D eigenvalue weighted by atomic mass is 10.1. The predicted molar refractivity (Wildman–Crippen MR) is 120 cm³/mol. The molecule has 0 radical (unpaired) electrons. The lowest BCUT2D eigenvalue weighted by Gasteiger charge is -2.19. The first-order valence-electron chi connectivity index (χ1n) is 9.83. The number of carbonyl (C=O) groups excluding carboxylic acids is 3. The summed E-state index contributed by atoms with van der Waals surface area (Å²) in [7, 11) is 0. The first-order chi connectivity index (χ1) is 14.1. The minimum atomic E-state index is -0.642. The molecule has 0 aromatic heterocycles. The van der Waals surface area contributed by atoms with E-state index in [1.807, 2.05) is 13.8 Å². The molecule has 0 atom stereocenters. The molecule has 30 heavy (non-hydrogen) atoms. The molecule has 9 heteroatoms. The average Bonchev–Trinajstić information content (AvgIpc) is 2.64. The van der Waals surface area contributed by atoms with Gasteiger partial charge in [0.05, 0.1) is 22.9 Å². The van der Waals surface area contributed by atoms with Crippen LogP contribution in [0.15, 0.2) is 21.9 Å². The lowest BCUT2D eigenvalue weighted by Crippen LogP contribution is -2.35. The largest absolute Gasteiger partial charge is 0.480 e. The van der Waals surface area contributed by atoms with E-state index in [0.717, 1.165) is 21.3 Å². The maximum atomic E-state index is 12.7. The zero-order chi connectivity index (χ0) is 22.7. The molecular weight excluding hydrogens is 426 g/mol. The molecule has 0 aliphatic carbocycles. The smallest absolute Gasteiger partial charge is 0.408 e. The fourth-order valence-electron chi connectivity index (χ4n) is 2.31. The van der Waals surface area contributed by atoms with Gasteiger partial charge >= 0.3 is 12.1 Å². The minimum absolute atomic E-state index is 0.176. The number of benzene rings is 1. The van der Waals surface area contributed by atoms with Crippen LogP contribution in [0.1, 0.15) is 51.9 Å². The lowest BCUT2D eigenvalue weighted by molar-refractivity contribution is -0.145. The molecule has 0 aliphatic heterocycles. The van der Waals surface area contributed by atoms with Gasteiger partial charge in [0, 0.05) is 5.56 Å². The van der Waals surface area contributed by atoms with Crippen molar-refractivity contribution in [3.8, 4) is 5.75 Å². The molecule has 1 rings (SSSR count). The summed E-state index contributed by atoms with van der Waals surface area (Å²) in [5.74, 6) is 1.41. The number of ether oxygens (including phenoxy) is 3. The van der Waals surface area contributed by atoms with E-state index in [0.29, 0.717) is 11.3 Å². The number of thioether (sulfide) groups is 2. The molecular formula is C21H31NO6S2. The van der Waals surface area contributed by atoms with Gasteiger partial charge in [0.2, 0.25) is 0 Å². The van der Waals surface area contributed by atoms with E-state index in [4.69, 9.17) is 14.2 Å². The summed E-state index contributed by atoms with van der Waals surface area (Å²) in [6.45, 7) is 10.9. The van der Waals surface area contributed by atoms with Crippen molar-refractivity contribution in [2.75, 3.05) is 31.3 Å². The molecule has 0 saturated heterocycles. The molecule has 1 N–H and O–H groups in total. The second kappa shape index (κ2) is 12.7. The van der Waals surface area contributed by atoms with Crippen LogP contribution >= 0.6 is 23.5 Å². The van der Waals surface area contributed by atoms with Crippen LogP contribution in [0, 0.1) is 0 Å². The summed E-state index contributed by atoms with van der Waals surface area (Å²) in [5.41, 5.74) is -0.178. The number of alkyl carbamates (subject to hydrolysis) is 1. The van der Waals surface area contributed by atoms with Crippen LogP contribution in [-0.2, 0) is 14.3 Å². The third-order valence-electron chi connectivity index (χ3n) is 3.37. The van der Waals surface area contributed by atoms with Crippen molar-refractivity contribution in [3.05, 3.63) is 17.7 Å². The summed E-state index contributed by atoms with van der Waals surface area (Å²) in [6.07, 6.45) is -0.642. The molecule has 1 aromatic carbocycles. The SMILES string of the molecule is CCOC(=O)COc1c(SCC)cc(C(=O)CNC(=O)OC(C)(C)C)cc1SCC. The number of amides is 1. The molecule has 1 amide bonds. The molecule has 0 heterocycles. The van der Waals surface area contributed by atoms with E-state index in [1.54, 1.807) is 39.8 Å². The highest BCUT2D eigenvalue weighted by molar-refractivity contribution is 8.00. The highest BCUT2D eigenvalue weighted by Crippen LogP contribution is 2.39. The number of carbonyl (C=O) groups is 3. The Hall–Kier alpha value is -1.87. The van der Waals surface area contributed by atoms with Gasteiger partial charge in [0.25, 0.3) is 0 Å². The number of ketones is 1. The molecule has 0 bridgehead atoms. The zero-order valence-electron chi connectivity index (χ0n) is 18.5. The normalized spacial score (nSPS) is 11.0. The molecule has 0 unspecified atom stereocenters. The zero-order valence-corrected chi connectivity index (χ0v) is 20.1. The van der Waals surface area contributed by atoms with Crippen LogP contribution in [0.3, 0.4) is 0 Å². The van der Waals surface area contributed by atoms with Crippen molar-refractivity contribution in [3.63, 3.8) is 0 Å². The number of hydrogen-bond donors (Lipinski definition) is 1. The number of hydrogen-bond acceptors (Lipinski definition) is 8. The highest BCUT2D eigenvalue weighted by atomic mass is 32.2. The molecule has 0 saturated carbocycles. The van der Waals surface area contributed by atoms with E-state index < -0.39 is 17.7 Å². The van der Waals surface area contributed by atoms with Gasteiger partial charge in [0.1, 0.15) is 11.4 Å². The summed E-state index contributed by atoms with van der Waals surface area (Å²) < 4.78 is 15.9. The molecule has 1 aromatic rings. The van der Waals surface area contributed by atoms with Crippen molar-refractivity contribution in [2.24, 2.45) is 0 Å². The molecule has 168 valence electrons. The van der Waals surface area contributed by atoms with E-state index in [1.165, 1.54) is 23.5 Å². The van der Waals surface area contributed by atoms with Gasteiger partial charge in [-0.05, 0) is 51.3 Å². The Morgan fingerprint density at radius 1 is 1.00 bits per heavy atom.